The zero-order valence-corrected chi connectivity index (χ0v) is 12.1. The first-order valence-corrected chi connectivity index (χ1v) is 6.77. The largest absolute Gasteiger partial charge is 0.295 e. The van der Waals surface area contributed by atoms with Crippen LogP contribution in [0.15, 0.2) is 61.3 Å². The molecule has 1 atom stereocenters. The minimum Gasteiger partial charge on any atom is -0.295 e. The quantitative estimate of drug-likeness (QED) is 0.771. The summed E-state index contributed by atoms with van der Waals surface area (Å²) in [6.07, 6.45) is 3.42. The van der Waals surface area contributed by atoms with Crippen molar-refractivity contribution in [1.29, 1.82) is 0 Å². The van der Waals surface area contributed by atoms with E-state index in [1.54, 1.807) is 6.20 Å². The third kappa shape index (κ3) is 2.97. The van der Waals surface area contributed by atoms with Crippen molar-refractivity contribution in [3.05, 3.63) is 77.6 Å². The molecule has 0 saturated carbocycles. The number of pyridine rings is 1. The third-order valence-corrected chi connectivity index (χ3v) is 3.72. The van der Waals surface area contributed by atoms with E-state index >= 15 is 0 Å². The molecule has 0 radical (unpaired) electrons. The number of halogens is 1. The van der Waals surface area contributed by atoms with Gasteiger partial charge in [-0.1, -0.05) is 36.4 Å². The third-order valence-electron chi connectivity index (χ3n) is 3.47. The second kappa shape index (κ2) is 6.02. The summed E-state index contributed by atoms with van der Waals surface area (Å²) in [4.78, 5) is 16.3. The number of carbonyl (C=O) groups is 1. The maximum atomic E-state index is 11.9. The Hall–Kier alpha value is -1.93. The first-order valence-electron chi connectivity index (χ1n) is 6.39. The molecule has 102 valence electrons. The minimum absolute atomic E-state index is 0.00639. The van der Waals surface area contributed by atoms with Gasteiger partial charge in [0.2, 0.25) is 0 Å². The Labute approximate surface area is 124 Å². The van der Waals surface area contributed by atoms with Gasteiger partial charge in [-0.3, -0.25) is 9.78 Å². The fraction of sp³-hybridized carbons (Fsp3) is 0.176. The zero-order valence-electron chi connectivity index (χ0n) is 11.3. The van der Waals surface area contributed by atoms with Crippen LogP contribution in [0.1, 0.15) is 24.6 Å². The van der Waals surface area contributed by atoms with Gasteiger partial charge in [0.1, 0.15) is 0 Å². The van der Waals surface area contributed by atoms with Crippen LogP contribution in [-0.4, -0.2) is 10.8 Å². The van der Waals surface area contributed by atoms with Crippen molar-refractivity contribution in [2.24, 2.45) is 0 Å². The van der Waals surface area contributed by atoms with Crippen molar-refractivity contribution in [2.75, 3.05) is 0 Å². The van der Waals surface area contributed by atoms with E-state index in [-0.39, 0.29) is 5.78 Å². The molecule has 1 aromatic heterocycles. The number of hydrogen-bond donors (Lipinski definition) is 0. The molecule has 2 rings (SSSR count). The first kappa shape index (κ1) is 14.5. The minimum atomic E-state index is -0.489. The van der Waals surface area contributed by atoms with Crippen molar-refractivity contribution in [1.82, 2.24) is 4.98 Å². The van der Waals surface area contributed by atoms with Crippen LogP contribution in [-0.2, 0) is 10.2 Å². The van der Waals surface area contributed by atoms with Crippen molar-refractivity contribution >= 4 is 17.4 Å². The summed E-state index contributed by atoms with van der Waals surface area (Å²) in [5.41, 5.74) is 1.38. The molecule has 0 bridgehead atoms. The average Bonchev–Trinajstić information content (AvgIpc) is 2.48. The van der Waals surface area contributed by atoms with Crippen molar-refractivity contribution < 1.29 is 4.79 Å². The lowest BCUT2D eigenvalue weighted by atomic mass is 9.75. The van der Waals surface area contributed by atoms with Crippen LogP contribution >= 0.6 is 11.6 Å². The number of hydrogen-bond acceptors (Lipinski definition) is 2. The molecule has 0 N–H and O–H groups in total. The van der Waals surface area contributed by atoms with E-state index in [9.17, 15) is 4.79 Å². The number of aromatic nitrogens is 1. The summed E-state index contributed by atoms with van der Waals surface area (Å²) in [7, 11) is 0. The van der Waals surface area contributed by atoms with Crippen LogP contribution in [0.4, 0.5) is 0 Å². The van der Waals surface area contributed by atoms with E-state index in [1.165, 1.54) is 6.08 Å². The molecule has 0 aliphatic heterocycles. The van der Waals surface area contributed by atoms with Gasteiger partial charge in [0.05, 0.1) is 5.69 Å². The Bertz CT molecular complexity index is 607. The van der Waals surface area contributed by atoms with Gasteiger partial charge in [-0.25, -0.2) is 0 Å². The highest BCUT2D eigenvalue weighted by molar-refractivity contribution is 6.30. The van der Waals surface area contributed by atoms with E-state index in [0.717, 1.165) is 11.3 Å². The van der Waals surface area contributed by atoms with Gasteiger partial charge in [-0.15, -0.1) is 0 Å². The van der Waals surface area contributed by atoms with Gasteiger partial charge >= 0.3 is 0 Å². The highest BCUT2D eigenvalue weighted by Crippen LogP contribution is 2.35. The topological polar surface area (TPSA) is 30.0 Å². The van der Waals surface area contributed by atoms with Gasteiger partial charge < -0.3 is 0 Å². The van der Waals surface area contributed by atoms with E-state index in [0.29, 0.717) is 11.4 Å². The lowest BCUT2D eigenvalue weighted by molar-refractivity contribution is -0.115. The Kier molecular flexibility index (Phi) is 4.35. The van der Waals surface area contributed by atoms with Gasteiger partial charge in [0, 0.05) is 23.1 Å². The summed E-state index contributed by atoms with van der Waals surface area (Å²) < 4.78 is 0. The molecule has 20 heavy (non-hydrogen) atoms. The molecule has 0 unspecified atom stereocenters. The molecule has 0 spiro atoms. The Morgan fingerprint density at radius 3 is 2.55 bits per heavy atom. The van der Waals surface area contributed by atoms with E-state index in [4.69, 9.17) is 11.6 Å². The van der Waals surface area contributed by atoms with E-state index in [2.05, 4.69) is 11.6 Å². The summed E-state index contributed by atoms with van der Waals surface area (Å²) in [5.74, 6) is -0.00639. The molecule has 0 amide bonds. The molecule has 0 aliphatic rings. The van der Waals surface area contributed by atoms with Crippen LogP contribution in [0, 0.1) is 0 Å². The Balaban J connectivity index is 2.51. The number of allylic oxidation sites excluding steroid dienone is 1. The molecule has 0 saturated heterocycles. The normalized spacial score (nSPS) is 13.5. The smallest absolute Gasteiger partial charge is 0.156 e. The predicted octanol–water partition coefficient (Wildman–Crippen LogP) is 4.19. The number of carbonyl (C=O) groups excluding carboxylic acids is 1. The maximum absolute atomic E-state index is 11.9. The number of rotatable bonds is 5. The lowest BCUT2D eigenvalue weighted by Gasteiger charge is -2.28. The molecule has 0 aliphatic carbocycles. The summed E-state index contributed by atoms with van der Waals surface area (Å²) >= 11 is 5.94. The summed E-state index contributed by atoms with van der Waals surface area (Å²) in [6.45, 7) is 5.57. The molecule has 0 fully saturated rings. The monoisotopic (exact) mass is 285 g/mol. The molecular weight excluding hydrogens is 270 g/mol. The van der Waals surface area contributed by atoms with Gasteiger partial charge in [0.25, 0.3) is 0 Å². The molecule has 3 heteroatoms. The number of benzene rings is 1. The fourth-order valence-corrected chi connectivity index (χ4v) is 2.39. The highest BCUT2D eigenvalue weighted by atomic mass is 35.5. The second-order valence-corrected chi connectivity index (χ2v) is 5.34. The maximum Gasteiger partial charge on any atom is 0.156 e. The molecule has 1 heterocycles. The second-order valence-electron chi connectivity index (χ2n) is 4.90. The van der Waals surface area contributed by atoms with Crippen molar-refractivity contribution in [2.45, 2.75) is 18.8 Å². The highest BCUT2D eigenvalue weighted by Gasteiger charge is 2.32. The van der Waals surface area contributed by atoms with Crippen LogP contribution < -0.4 is 0 Å². The first-order chi connectivity index (χ1) is 9.56. The zero-order chi connectivity index (χ0) is 14.6. The number of ketones is 1. The van der Waals surface area contributed by atoms with Gasteiger partial charge in [-0.05, 0) is 42.8 Å². The van der Waals surface area contributed by atoms with E-state index < -0.39 is 5.41 Å². The average molecular weight is 286 g/mol. The SMILES string of the molecule is C=CC(=O)C[C@@](C)(c1ccc(Cl)cc1)c1ccccn1. The Morgan fingerprint density at radius 1 is 1.30 bits per heavy atom. The van der Waals surface area contributed by atoms with Crippen LogP contribution in [0.5, 0.6) is 0 Å². The van der Waals surface area contributed by atoms with Crippen LogP contribution in [0.3, 0.4) is 0 Å². The molecule has 2 nitrogen and oxygen atoms in total. The Morgan fingerprint density at radius 2 is 2.00 bits per heavy atom. The summed E-state index contributed by atoms with van der Waals surface area (Å²) in [6, 6.07) is 13.3. The molecular formula is C17H16ClNO. The predicted molar refractivity (Wildman–Crippen MR) is 82.0 cm³/mol. The van der Waals surface area contributed by atoms with Gasteiger partial charge in [-0.2, -0.15) is 0 Å². The summed E-state index contributed by atoms with van der Waals surface area (Å²) in [5, 5.41) is 0.673. The van der Waals surface area contributed by atoms with Crippen molar-refractivity contribution in [3.8, 4) is 0 Å². The van der Waals surface area contributed by atoms with Gasteiger partial charge in [0.15, 0.2) is 5.78 Å². The number of nitrogens with zero attached hydrogens (tertiary/aromatic N) is 1. The fourth-order valence-electron chi connectivity index (χ4n) is 2.27. The van der Waals surface area contributed by atoms with Crippen LogP contribution in [0.2, 0.25) is 5.02 Å². The standard InChI is InChI=1S/C17H16ClNO/c1-3-15(20)12-17(2,16-6-4-5-11-19-16)13-7-9-14(18)10-8-13/h3-11H,1,12H2,2H3/t17-/m0/s1. The van der Waals surface area contributed by atoms with E-state index in [1.807, 2.05) is 49.4 Å². The molecule has 1 aromatic carbocycles. The van der Waals surface area contributed by atoms with Crippen LogP contribution in [0.25, 0.3) is 0 Å². The molecule has 2 aromatic rings. The van der Waals surface area contributed by atoms with Crippen molar-refractivity contribution in [3.63, 3.8) is 0 Å². The lowest BCUT2D eigenvalue weighted by Crippen LogP contribution is -2.27.